The first-order valence-corrected chi connectivity index (χ1v) is 8.50. The summed E-state index contributed by atoms with van der Waals surface area (Å²) in [5.41, 5.74) is 2.97. The smallest absolute Gasteiger partial charge is 0.230 e. The van der Waals surface area contributed by atoms with Gasteiger partial charge in [-0.2, -0.15) is 5.10 Å². The monoisotopic (exact) mass is 324 g/mol. The van der Waals surface area contributed by atoms with Gasteiger partial charge < -0.3 is 5.32 Å². The molecule has 0 aliphatic heterocycles. The second-order valence-corrected chi connectivity index (χ2v) is 6.56. The first-order valence-electron chi connectivity index (χ1n) is 7.62. The fraction of sp³-hybridized carbons (Fsp3) is 0.235. The lowest BCUT2D eigenvalue weighted by Gasteiger charge is -2.00. The topological polar surface area (TPSA) is 59.8 Å². The van der Waals surface area contributed by atoms with Gasteiger partial charge in [-0.3, -0.25) is 4.79 Å². The molecular formula is C17H16N4OS. The number of anilines is 1. The van der Waals surface area contributed by atoms with Crippen LogP contribution in [0.5, 0.6) is 0 Å². The molecule has 0 spiro atoms. The van der Waals surface area contributed by atoms with Crippen molar-refractivity contribution in [2.45, 2.75) is 25.2 Å². The highest BCUT2D eigenvalue weighted by atomic mass is 32.1. The summed E-state index contributed by atoms with van der Waals surface area (Å²) < 4.78 is 1.78. The Hall–Kier alpha value is -2.47. The maximum atomic E-state index is 12.1. The Bertz CT molecular complexity index is 820. The minimum Gasteiger partial charge on any atom is -0.302 e. The highest BCUT2D eigenvalue weighted by Crippen LogP contribution is 2.40. The molecule has 2 aromatic heterocycles. The van der Waals surface area contributed by atoms with E-state index in [0.29, 0.717) is 17.5 Å². The number of nitrogens with one attached hydrogen (secondary N) is 1. The molecule has 0 saturated heterocycles. The molecule has 5 nitrogen and oxygen atoms in total. The average molecular weight is 324 g/mol. The van der Waals surface area contributed by atoms with Gasteiger partial charge in [0, 0.05) is 17.5 Å². The maximum absolute atomic E-state index is 12.1. The zero-order chi connectivity index (χ0) is 15.6. The van der Waals surface area contributed by atoms with E-state index in [9.17, 15) is 4.79 Å². The summed E-state index contributed by atoms with van der Waals surface area (Å²) in [6, 6.07) is 9.84. The third-order valence-electron chi connectivity index (χ3n) is 3.79. The van der Waals surface area contributed by atoms with Crippen LogP contribution in [0.4, 0.5) is 5.13 Å². The molecule has 1 aromatic carbocycles. The Balaban J connectivity index is 1.39. The molecule has 1 aliphatic carbocycles. The van der Waals surface area contributed by atoms with Crippen LogP contribution in [-0.2, 0) is 11.2 Å². The number of thiazole rings is 1. The lowest BCUT2D eigenvalue weighted by Crippen LogP contribution is -2.13. The van der Waals surface area contributed by atoms with Gasteiger partial charge in [-0.1, -0.05) is 18.2 Å². The Labute approximate surface area is 138 Å². The van der Waals surface area contributed by atoms with Crippen molar-refractivity contribution in [2.75, 3.05) is 5.32 Å². The Morgan fingerprint density at radius 1 is 1.30 bits per heavy atom. The number of benzene rings is 1. The second-order valence-electron chi connectivity index (χ2n) is 5.71. The number of aromatic nitrogens is 3. The van der Waals surface area contributed by atoms with Crippen LogP contribution in [0.15, 0.2) is 48.1 Å². The third-order valence-corrected chi connectivity index (χ3v) is 4.56. The third kappa shape index (κ3) is 3.32. The van der Waals surface area contributed by atoms with Crippen LogP contribution in [0, 0.1) is 0 Å². The highest BCUT2D eigenvalue weighted by Gasteiger charge is 2.26. The first kappa shape index (κ1) is 14.1. The SMILES string of the molecule is O=C(Cc1cnn(-c2ccccc2)c1)Nc1nc(C2CC2)cs1. The van der Waals surface area contributed by atoms with Gasteiger partial charge in [-0.15, -0.1) is 11.3 Å². The number of hydrogen-bond donors (Lipinski definition) is 1. The van der Waals surface area contributed by atoms with E-state index >= 15 is 0 Å². The first-order chi connectivity index (χ1) is 11.3. The summed E-state index contributed by atoms with van der Waals surface area (Å²) in [4.78, 5) is 16.6. The normalized spacial score (nSPS) is 13.9. The van der Waals surface area contributed by atoms with E-state index in [2.05, 4.69) is 15.4 Å². The second kappa shape index (κ2) is 5.96. The van der Waals surface area contributed by atoms with Gasteiger partial charge in [0.25, 0.3) is 0 Å². The highest BCUT2D eigenvalue weighted by molar-refractivity contribution is 7.13. The van der Waals surface area contributed by atoms with Gasteiger partial charge in [0.05, 0.1) is 24.0 Å². The molecule has 23 heavy (non-hydrogen) atoms. The number of carbonyl (C=O) groups excluding carboxylic acids is 1. The van der Waals surface area contributed by atoms with E-state index in [1.54, 1.807) is 10.9 Å². The van der Waals surface area contributed by atoms with E-state index in [4.69, 9.17) is 0 Å². The van der Waals surface area contributed by atoms with E-state index in [0.717, 1.165) is 16.9 Å². The van der Waals surface area contributed by atoms with Crippen LogP contribution in [0.1, 0.15) is 30.0 Å². The van der Waals surface area contributed by atoms with Gasteiger partial charge in [0.1, 0.15) is 0 Å². The Morgan fingerprint density at radius 2 is 2.13 bits per heavy atom. The molecule has 1 amide bonds. The number of carbonyl (C=O) groups is 1. The Morgan fingerprint density at radius 3 is 2.91 bits per heavy atom. The van der Waals surface area contributed by atoms with Crippen molar-refractivity contribution >= 4 is 22.4 Å². The van der Waals surface area contributed by atoms with Crippen molar-refractivity contribution in [3.63, 3.8) is 0 Å². The van der Waals surface area contributed by atoms with Gasteiger partial charge in [-0.25, -0.2) is 9.67 Å². The molecule has 0 radical (unpaired) electrons. The zero-order valence-corrected chi connectivity index (χ0v) is 13.3. The minimum atomic E-state index is -0.0608. The number of nitrogens with zero attached hydrogens (tertiary/aromatic N) is 3. The van der Waals surface area contributed by atoms with Crippen molar-refractivity contribution in [2.24, 2.45) is 0 Å². The molecule has 1 N–H and O–H groups in total. The predicted octanol–water partition coefficient (Wildman–Crippen LogP) is 3.39. The lowest BCUT2D eigenvalue weighted by atomic mass is 10.2. The van der Waals surface area contributed by atoms with Gasteiger partial charge >= 0.3 is 0 Å². The van der Waals surface area contributed by atoms with E-state index in [1.807, 2.05) is 41.9 Å². The average Bonchev–Trinajstić information content (AvgIpc) is 3.14. The molecule has 1 fully saturated rings. The van der Waals surface area contributed by atoms with Crippen LogP contribution >= 0.6 is 11.3 Å². The standard InChI is InChI=1S/C17H16N4OS/c22-16(20-17-19-15(11-23-17)13-6-7-13)8-12-9-18-21(10-12)14-4-2-1-3-5-14/h1-5,9-11,13H,6-8H2,(H,19,20,22). The van der Waals surface area contributed by atoms with Crippen molar-refractivity contribution in [1.82, 2.24) is 14.8 Å². The quantitative estimate of drug-likeness (QED) is 0.782. The van der Waals surface area contributed by atoms with E-state index in [-0.39, 0.29) is 5.91 Å². The maximum Gasteiger partial charge on any atom is 0.230 e. The number of amides is 1. The summed E-state index contributed by atoms with van der Waals surface area (Å²) in [7, 11) is 0. The van der Waals surface area contributed by atoms with Gasteiger partial charge in [-0.05, 0) is 30.5 Å². The van der Waals surface area contributed by atoms with Gasteiger partial charge in [0.15, 0.2) is 5.13 Å². The van der Waals surface area contributed by atoms with Crippen LogP contribution in [0.2, 0.25) is 0 Å². The number of rotatable bonds is 5. The molecule has 2 heterocycles. The van der Waals surface area contributed by atoms with Crippen molar-refractivity contribution in [3.8, 4) is 5.69 Å². The van der Waals surface area contributed by atoms with E-state index in [1.165, 1.54) is 24.2 Å². The Kier molecular flexibility index (Phi) is 3.67. The molecule has 1 aliphatic rings. The van der Waals surface area contributed by atoms with E-state index < -0.39 is 0 Å². The van der Waals surface area contributed by atoms with Crippen LogP contribution in [-0.4, -0.2) is 20.7 Å². The molecular weight excluding hydrogens is 308 g/mol. The molecule has 0 atom stereocenters. The number of para-hydroxylation sites is 1. The predicted molar refractivity (Wildman–Crippen MR) is 90.0 cm³/mol. The van der Waals surface area contributed by atoms with Crippen molar-refractivity contribution in [3.05, 3.63) is 59.4 Å². The molecule has 1 saturated carbocycles. The summed E-state index contributed by atoms with van der Waals surface area (Å²) in [6.07, 6.45) is 6.34. The van der Waals surface area contributed by atoms with Crippen LogP contribution in [0.3, 0.4) is 0 Å². The van der Waals surface area contributed by atoms with Crippen molar-refractivity contribution in [1.29, 1.82) is 0 Å². The fourth-order valence-electron chi connectivity index (χ4n) is 2.43. The molecule has 0 bridgehead atoms. The largest absolute Gasteiger partial charge is 0.302 e. The molecule has 6 heteroatoms. The molecule has 0 unspecified atom stereocenters. The fourth-order valence-corrected chi connectivity index (χ4v) is 3.24. The molecule has 116 valence electrons. The summed E-state index contributed by atoms with van der Waals surface area (Å²) >= 11 is 1.49. The van der Waals surface area contributed by atoms with Crippen LogP contribution < -0.4 is 5.32 Å². The summed E-state index contributed by atoms with van der Waals surface area (Å²) in [5, 5.41) is 9.91. The van der Waals surface area contributed by atoms with Gasteiger partial charge in [0.2, 0.25) is 5.91 Å². The minimum absolute atomic E-state index is 0.0608. The molecule has 3 aromatic rings. The number of hydrogen-bond acceptors (Lipinski definition) is 4. The van der Waals surface area contributed by atoms with Crippen LogP contribution in [0.25, 0.3) is 5.69 Å². The van der Waals surface area contributed by atoms with Crippen molar-refractivity contribution < 1.29 is 4.79 Å². The summed E-state index contributed by atoms with van der Waals surface area (Å²) in [5.74, 6) is 0.551. The molecule has 4 rings (SSSR count). The summed E-state index contributed by atoms with van der Waals surface area (Å²) in [6.45, 7) is 0. The lowest BCUT2D eigenvalue weighted by molar-refractivity contribution is -0.115. The zero-order valence-electron chi connectivity index (χ0n) is 12.5.